The molecule has 98 valence electrons. The number of hydrogen-bond acceptors (Lipinski definition) is 2. The molecule has 0 spiro atoms. The van der Waals surface area contributed by atoms with Crippen molar-refractivity contribution in [1.29, 1.82) is 0 Å². The molecule has 4 heteroatoms. The van der Waals surface area contributed by atoms with Crippen molar-refractivity contribution in [3.05, 3.63) is 36.0 Å². The summed E-state index contributed by atoms with van der Waals surface area (Å²) >= 11 is 0. The third-order valence-corrected chi connectivity index (χ3v) is 4.50. The van der Waals surface area contributed by atoms with Crippen LogP contribution in [-0.2, 0) is 0 Å². The normalized spacial score (nSPS) is 28.9. The summed E-state index contributed by atoms with van der Waals surface area (Å²) in [7, 11) is 0. The van der Waals surface area contributed by atoms with Gasteiger partial charge in [-0.15, -0.1) is 0 Å². The lowest BCUT2D eigenvalue weighted by atomic mass is 10.0. The zero-order valence-corrected chi connectivity index (χ0v) is 10.6. The highest BCUT2D eigenvalue weighted by atomic mass is 16.1. The van der Waals surface area contributed by atoms with E-state index in [4.69, 9.17) is 0 Å². The molecule has 1 amide bonds. The Labute approximate surface area is 111 Å². The summed E-state index contributed by atoms with van der Waals surface area (Å²) in [5, 5.41) is 7.79. The van der Waals surface area contributed by atoms with Crippen molar-refractivity contribution in [3.63, 3.8) is 0 Å². The number of nitrogens with one attached hydrogen (secondary N) is 3. The molecular formula is C15H17N3O. The zero-order chi connectivity index (χ0) is 12.8. The minimum absolute atomic E-state index is 0.0500. The van der Waals surface area contributed by atoms with Crippen LogP contribution in [0.25, 0.3) is 10.9 Å². The number of piperidine rings is 1. The summed E-state index contributed by atoms with van der Waals surface area (Å²) in [6.07, 6.45) is 4.18. The molecule has 2 heterocycles. The van der Waals surface area contributed by atoms with Gasteiger partial charge in [-0.1, -0.05) is 6.07 Å². The topological polar surface area (TPSA) is 56.9 Å². The van der Waals surface area contributed by atoms with Crippen LogP contribution in [0.5, 0.6) is 0 Å². The van der Waals surface area contributed by atoms with Gasteiger partial charge in [0.25, 0.3) is 5.91 Å². The second-order valence-electron chi connectivity index (χ2n) is 5.70. The molecule has 19 heavy (non-hydrogen) atoms. The van der Waals surface area contributed by atoms with E-state index in [9.17, 15) is 4.79 Å². The smallest absolute Gasteiger partial charge is 0.251 e. The van der Waals surface area contributed by atoms with E-state index in [0.29, 0.717) is 18.0 Å². The van der Waals surface area contributed by atoms with E-state index in [1.54, 1.807) is 0 Å². The maximum absolute atomic E-state index is 12.3. The predicted octanol–water partition coefficient (Wildman–Crippen LogP) is 1.65. The molecule has 2 fully saturated rings. The average Bonchev–Trinajstić information content (AvgIpc) is 3.13. The van der Waals surface area contributed by atoms with Crippen LogP contribution in [0.15, 0.2) is 30.5 Å². The molecule has 1 aliphatic carbocycles. The van der Waals surface area contributed by atoms with Gasteiger partial charge in [-0.05, 0) is 42.3 Å². The molecule has 3 N–H and O–H groups in total. The third kappa shape index (κ3) is 1.83. The molecule has 1 saturated heterocycles. The molecule has 2 bridgehead atoms. The first-order valence-corrected chi connectivity index (χ1v) is 6.91. The van der Waals surface area contributed by atoms with Gasteiger partial charge < -0.3 is 15.6 Å². The van der Waals surface area contributed by atoms with Crippen LogP contribution in [0.1, 0.15) is 23.2 Å². The molecule has 2 aliphatic rings. The molecule has 1 aliphatic heterocycles. The Balaban J connectivity index is 1.53. The van der Waals surface area contributed by atoms with E-state index in [1.165, 1.54) is 6.42 Å². The molecule has 4 nitrogen and oxygen atoms in total. The first kappa shape index (κ1) is 11.1. The highest BCUT2D eigenvalue weighted by Crippen LogP contribution is 2.31. The van der Waals surface area contributed by atoms with Crippen molar-refractivity contribution < 1.29 is 4.79 Å². The highest BCUT2D eigenvalue weighted by molar-refractivity contribution is 5.98. The summed E-state index contributed by atoms with van der Waals surface area (Å²) in [6.45, 7) is 1.05. The lowest BCUT2D eigenvalue weighted by Crippen LogP contribution is -2.44. The van der Waals surface area contributed by atoms with Crippen LogP contribution in [0.3, 0.4) is 0 Å². The predicted molar refractivity (Wildman–Crippen MR) is 74.1 cm³/mol. The second kappa shape index (κ2) is 4.10. The van der Waals surface area contributed by atoms with Gasteiger partial charge in [0.2, 0.25) is 0 Å². The van der Waals surface area contributed by atoms with Crippen molar-refractivity contribution in [2.75, 3.05) is 6.54 Å². The largest absolute Gasteiger partial charge is 0.361 e. The highest BCUT2D eigenvalue weighted by Gasteiger charge is 2.40. The quantitative estimate of drug-likeness (QED) is 0.764. The zero-order valence-electron chi connectivity index (χ0n) is 10.6. The Bertz CT molecular complexity index is 633. The number of benzene rings is 1. The van der Waals surface area contributed by atoms with Crippen molar-refractivity contribution >= 4 is 16.8 Å². The Kier molecular flexibility index (Phi) is 2.38. The summed E-state index contributed by atoms with van der Waals surface area (Å²) in [4.78, 5) is 15.4. The number of amides is 1. The number of rotatable bonds is 2. The van der Waals surface area contributed by atoms with Gasteiger partial charge in [0.1, 0.15) is 0 Å². The Hall–Kier alpha value is -1.81. The summed E-state index contributed by atoms with van der Waals surface area (Å²) < 4.78 is 0. The van der Waals surface area contributed by atoms with Gasteiger partial charge in [0.05, 0.1) is 0 Å². The fourth-order valence-electron chi connectivity index (χ4n) is 3.45. The number of aromatic nitrogens is 1. The van der Waals surface area contributed by atoms with E-state index in [-0.39, 0.29) is 5.91 Å². The number of aromatic amines is 1. The van der Waals surface area contributed by atoms with Gasteiger partial charge in [-0.25, -0.2) is 0 Å². The van der Waals surface area contributed by atoms with Gasteiger partial charge in [0, 0.05) is 35.9 Å². The number of fused-ring (bicyclic) bond motifs is 3. The Morgan fingerprint density at radius 3 is 3.00 bits per heavy atom. The fourth-order valence-corrected chi connectivity index (χ4v) is 3.45. The number of hydrogen-bond donors (Lipinski definition) is 3. The molecule has 1 aromatic heterocycles. The van der Waals surface area contributed by atoms with E-state index in [2.05, 4.69) is 15.6 Å². The van der Waals surface area contributed by atoms with Crippen LogP contribution in [0.2, 0.25) is 0 Å². The minimum atomic E-state index is 0.0500. The molecule has 4 rings (SSSR count). The van der Waals surface area contributed by atoms with Crippen LogP contribution >= 0.6 is 0 Å². The third-order valence-electron chi connectivity index (χ3n) is 4.50. The lowest BCUT2D eigenvalue weighted by Gasteiger charge is -2.23. The maximum atomic E-state index is 12.3. The molecule has 0 radical (unpaired) electrons. The standard InChI is InChI=1S/C15H17N3O/c19-15(18-14-7-12-5-11(14)8-17-12)10-2-1-9-3-4-16-13(9)6-10/h1-4,6,11-12,14,16-17H,5,7-8H2,(H,18,19). The van der Waals surface area contributed by atoms with E-state index in [1.807, 2.05) is 30.5 Å². The lowest BCUT2D eigenvalue weighted by molar-refractivity contribution is 0.0925. The van der Waals surface area contributed by atoms with Crippen LogP contribution in [0.4, 0.5) is 0 Å². The minimum Gasteiger partial charge on any atom is -0.361 e. The Morgan fingerprint density at radius 2 is 2.21 bits per heavy atom. The molecule has 3 unspecified atom stereocenters. The van der Waals surface area contributed by atoms with Gasteiger partial charge in [-0.3, -0.25) is 4.79 Å². The molecule has 3 atom stereocenters. The van der Waals surface area contributed by atoms with Crippen molar-refractivity contribution in [3.8, 4) is 0 Å². The molecular weight excluding hydrogens is 238 g/mol. The number of carbonyl (C=O) groups is 1. The van der Waals surface area contributed by atoms with E-state index < -0.39 is 0 Å². The number of carbonyl (C=O) groups excluding carboxylic acids is 1. The first-order valence-electron chi connectivity index (χ1n) is 6.91. The summed E-state index contributed by atoms with van der Waals surface area (Å²) in [5.74, 6) is 0.664. The van der Waals surface area contributed by atoms with Crippen molar-refractivity contribution in [1.82, 2.24) is 15.6 Å². The number of H-pyrrole nitrogens is 1. The summed E-state index contributed by atoms with van der Waals surface area (Å²) in [5.41, 5.74) is 1.76. The molecule has 1 saturated carbocycles. The van der Waals surface area contributed by atoms with Crippen LogP contribution in [0, 0.1) is 5.92 Å². The van der Waals surface area contributed by atoms with E-state index in [0.717, 1.165) is 29.4 Å². The first-order chi connectivity index (χ1) is 9.29. The fraction of sp³-hybridized carbons (Fsp3) is 0.400. The van der Waals surface area contributed by atoms with Crippen LogP contribution < -0.4 is 10.6 Å². The monoisotopic (exact) mass is 255 g/mol. The molecule has 2 aromatic rings. The van der Waals surface area contributed by atoms with Crippen molar-refractivity contribution in [2.45, 2.75) is 24.9 Å². The van der Waals surface area contributed by atoms with Gasteiger partial charge >= 0.3 is 0 Å². The maximum Gasteiger partial charge on any atom is 0.251 e. The van der Waals surface area contributed by atoms with Gasteiger partial charge in [-0.2, -0.15) is 0 Å². The van der Waals surface area contributed by atoms with Crippen molar-refractivity contribution in [2.24, 2.45) is 5.92 Å². The Morgan fingerprint density at radius 1 is 1.26 bits per heavy atom. The SMILES string of the molecule is O=C(NC1CC2CC1CN2)c1ccc2cc[nH]c2c1. The average molecular weight is 255 g/mol. The van der Waals surface area contributed by atoms with Crippen LogP contribution in [-0.4, -0.2) is 29.5 Å². The summed E-state index contributed by atoms with van der Waals surface area (Å²) in [6, 6.07) is 8.79. The van der Waals surface area contributed by atoms with E-state index >= 15 is 0 Å². The molecule has 1 aromatic carbocycles. The van der Waals surface area contributed by atoms with Gasteiger partial charge in [0.15, 0.2) is 0 Å². The second-order valence-corrected chi connectivity index (χ2v) is 5.70.